The van der Waals surface area contributed by atoms with Crippen LogP contribution < -0.4 is 0 Å². The second-order valence-electron chi connectivity index (χ2n) is 4.09. The minimum Gasteiger partial charge on any atom is -0.207 e. The molecule has 1 aromatic rings. The molecule has 0 fully saturated rings. The average Bonchev–Trinajstić information content (AvgIpc) is 2.35. The molecule has 0 amide bonds. The lowest BCUT2D eigenvalue weighted by Gasteiger charge is -2.19. The summed E-state index contributed by atoms with van der Waals surface area (Å²) in [5, 5.41) is 0. The molecule has 0 radical (unpaired) electrons. The topological polar surface area (TPSA) is 37.4 Å². The smallest absolute Gasteiger partial charge is 0.207 e. The van der Waals surface area contributed by atoms with E-state index in [9.17, 15) is 21.6 Å². The van der Waals surface area contributed by atoms with Gasteiger partial charge in [-0.2, -0.15) is 13.2 Å². The van der Waals surface area contributed by atoms with Gasteiger partial charge in [0.25, 0.3) is 0 Å². The molecule has 3 nitrogen and oxygen atoms in total. The summed E-state index contributed by atoms with van der Waals surface area (Å²) in [6.07, 6.45) is -5.60. The molecule has 1 aromatic carbocycles. The average molecular weight is 395 g/mol. The number of halogens is 5. The number of hydrogen-bond donors (Lipinski definition) is 0. The normalized spacial score (nSPS) is 12.9. The summed E-state index contributed by atoms with van der Waals surface area (Å²) in [7, 11) is -2.88. The van der Waals surface area contributed by atoms with Crippen LogP contribution in [0, 0.1) is 0 Å². The fourth-order valence-corrected chi connectivity index (χ4v) is 3.71. The van der Waals surface area contributed by atoms with Gasteiger partial charge in [0.1, 0.15) is 0 Å². The molecule has 0 aliphatic carbocycles. The van der Waals surface area contributed by atoms with Crippen molar-refractivity contribution in [1.29, 1.82) is 0 Å². The van der Waals surface area contributed by atoms with Crippen LogP contribution in [-0.4, -0.2) is 32.5 Å². The van der Waals surface area contributed by atoms with Gasteiger partial charge in [0.05, 0.1) is 11.3 Å². The maximum atomic E-state index is 12.2. The molecule has 0 aliphatic heterocycles. The summed E-state index contributed by atoms with van der Waals surface area (Å²) in [5.74, 6) is 0.113. The van der Waals surface area contributed by atoms with Gasteiger partial charge in [0.15, 0.2) is 0 Å². The Hall–Kier alpha value is -0.310. The second kappa shape index (κ2) is 6.64. The molecule has 0 N–H and O–H groups in total. The first-order valence-corrected chi connectivity index (χ1v) is 8.22. The monoisotopic (exact) mass is 393 g/mol. The van der Waals surface area contributed by atoms with E-state index in [-0.39, 0.29) is 15.2 Å². The Bertz CT molecular complexity index is 578. The number of rotatable bonds is 5. The molecule has 0 aliphatic rings. The summed E-state index contributed by atoms with van der Waals surface area (Å²) < 4.78 is 61.9. The van der Waals surface area contributed by atoms with Crippen LogP contribution in [0.1, 0.15) is 12.0 Å². The molecule has 20 heavy (non-hydrogen) atoms. The molecule has 0 spiro atoms. The molecule has 0 saturated heterocycles. The molecule has 0 heterocycles. The summed E-state index contributed by atoms with van der Waals surface area (Å²) in [6, 6.07) is 4.48. The van der Waals surface area contributed by atoms with Gasteiger partial charge in [-0.05, 0) is 33.6 Å². The van der Waals surface area contributed by atoms with Crippen molar-refractivity contribution in [3.8, 4) is 0 Å². The third kappa shape index (κ3) is 4.61. The van der Waals surface area contributed by atoms with Crippen molar-refractivity contribution >= 4 is 37.6 Å². The highest BCUT2D eigenvalue weighted by Crippen LogP contribution is 2.27. The lowest BCUT2D eigenvalue weighted by molar-refractivity contribution is -0.135. The molecular formula is C11H12BrClF3NO2S. The Morgan fingerprint density at radius 3 is 2.45 bits per heavy atom. The Kier molecular flexibility index (Phi) is 5.89. The molecule has 9 heteroatoms. The predicted octanol–water partition coefficient (Wildman–Crippen LogP) is 3.76. The summed E-state index contributed by atoms with van der Waals surface area (Å²) in [4.78, 5) is -0.0969. The molecule has 0 unspecified atom stereocenters. The number of benzene rings is 1. The van der Waals surface area contributed by atoms with Crippen LogP contribution in [0.15, 0.2) is 27.6 Å². The van der Waals surface area contributed by atoms with Crippen molar-refractivity contribution in [2.75, 3.05) is 13.6 Å². The standard InChI is InChI=1S/C11H12BrClF3NO2S/c1-17(5-4-11(14,15)16)20(18,19)10-6-8(7-13)2-3-9(10)12/h2-3,6H,4-5,7H2,1H3. The van der Waals surface area contributed by atoms with Crippen molar-refractivity contribution in [3.05, 3.63) is 28.2 Å². The maximum Gasteiger partial charge on any atom is 0.390 e. The van der Waals surface area contributed by atoms with Gasteiger partial charge in [0.2, 0.25) is 10.0 Å². The zero-order valence-corrected chi connectivity index (χ0v) is 13.6. The van der Waals surface area contributed by atoms with Crippen LogP contribution in [0.3, 0.4) is 0 Å². The molecule has 0 aromatic heterocycles. The Morgan fingerprint density at radius 1 is 1.35 bits per heavy atom. The van der Waals surface area contributed by atoms with E-state index in [2.05, 4.69) is 15.9 Å². The van der Waals surface area contributed by atoms with Gasteiger partial charge in [-0.25, -0.2) is 12.7 Å². The highest BCUT2D eigenvalue weighted by Gasteiger charge is 2.31. The zero-order valence-electron chi connectivity index (χ0n) is 10.4. The number of sulfonamides is 1. The molecule has 0 atom stereocenters. The minimum absolute atomic E-state index is 0.0969. The van der Waals surface area contributed by atoms with E-state index in [4.69, 9.17) is 11.6 Å². The third-order valence-corrected chi connectivity index (χ3v) is 5.71. The van der Waals surface area contributed by atoms with Gasteiger partial charge in [-0.3, -0.25) is 0 Å². The van der Waals surface area contributed by atoms with Crippen molar-refractivity contribution in [1.82, 2.24) is 4.31 Å². The summed E-state index contributed by atoms with van der Waals surface area (Å²) >= 11 is 8.71. The van der Waals surface area contributed by atoms with Crippen LogP contribution in [0.4, 0.5) is 13.2 Å². The SMILES string of the molecule is CN(CCC(F)(F)F)S(=O)(=O)c1cc(CCl)ccc1Br. The fourth-order valence-electron chi connectivity index (χ4n) is 1.40. The number of alkyl halides is 4. The largest absolute Gasteiger partial charge is 0.390 e. The zero-order chi connectivity index (χ0) is 15.6. The van der Waals surface area contributed by atoms with E-state index in [1.807, 2.05) is 0 Å². The van der Waals surface area contributed by atoms with Crippen LogP contribution in [0.25, 0.3) is 0 Å². The molecule has 1 rings (SSSR count). The first kappa shape index (κ1) is 17.7. The number of hydrogen-bond acceptors (Lipinski definition) is 2. The summed E-state index contributed by atoms with van der Waals surface area (Å²) in [5.41, 5.74) is 0.567. The van der Waals surface area contributed by atoms with Gasteiger partial charge >= 0.3 is 6.18 Å². The van der Waals surface area contributed by atoms with Gasteiger partial charge in [0, 0.05) is 23.9 Å². The van der Waals surface area contributed by atoms with E-state index in [0.717, 1.165) is 7.05 Å². The van der Waals surface area contributed by atoms with E-state index in [1.165, 1.54) is 12.1 Å². The molecule has 0 saturated carbocycles. The van der Waals surface area contributed by atoms with E-state index in [1.54, 1.807) is 6.07 Å². The van der Waals surface area contributed by atoms with Crippen LogP contribution in [0.5, 0.6) is 0 Å². The molecular weight excluding hydrogens is 383 g/mol. The lowest BCUT2D eigenvalue weighted by atomic mass is 10.2. The Morgan fingerprint density at radius 2 is 1.95 bits per heavy atom. The molecule has 0 bridgehead atoms. The fraction of sp³-hybridized carbons (Fsp3) is 0.455. The van der Waals surface area contributed by atoms with E-state index in [0.29, 0.717) is 9.87 Å². The first-order chi connectivity index (χ1) is 9.08. The summed E-state index contributed by atoms with van der Waals surface area (Å²) in [6.45, 7) is -0.636. The van der Waals surface area contributed by atoms with Crippen LogP contribution in [0.2, 0.25) is 0 Å². The Labute approximate surface area is 128 Å². The van der Waals surface area contributed by atoms with Crippen LogP contribution in [-0.2, 0) is 15.9 Å². The van der Waals surface area contributed by atoms with Crippen molar-refractivity contribution in [2.45, 2.75) is 23.4 Å². The van der Waals surface area contributed by atoms with Crippen molar-refractivity contribution in [2.24, 2.45) is 0 Å². The minimum atomic E-state index is -4.40. The first-order valence-electron chi connectivity index (χ1n) is 5.45. The quantitative estimate of drug-likeness (QED) is 0.713. The number of nitrogens with zero attached hydrogens (tertiary/aromatic N) is 1. The van der Waals surface area contributed by atoms with Crippen LogP contribution >= 0.6 is 27.5 Å². The van der Waals surface area contributed by atoms with Crippen molar-refractivity contribution < 1.29 is 21.6 Å². The van der Waals surface area contributed by atoms with E-state index >= 15 is 0 Å². The second-order valence-corrected chi connectivity index (χ2v) is 7.23. The van der Waals surface area contributed by atoms with E-state index < -0.39 is 29.2 Å². The lowest BCUT2D eigenvalue weighted by Crippen LogP contribution is -2.31. The molecule has 114 valence electrons. The third-order valence-electron chi connectivity index (χ3n) is 2.55. The van der Waals surface area contributed by atoms with Gasteiger partial charge in [-0.15, -0.1) is 11.6 Å². The van der Waals surface area contributed by atoms with Gasteiger partial charge < -0.3 is 0 Å². The highest BCUT2D eigenvalue weighted by atomic mass is 79.9. The highest BCUT2D eigenvalue weighted by molar-refractivity contribution is 9.10. The van der Waals surface area contributed by atoms with Crippen molar-refractivity contribution in [3.63, 3.8) is 0 Å². The van der Waals surface area contributed by atoms with Gasteiger partial charge in [-0.1, -0.05) is 6.07 Å². The Balaban J connectivity index is 3.04. The maximum absolute atomic E-state index is 12.2. The predicted molar refractivity (Wildman–Crippen MR) is 74.2 cm³/mol.